The van der Waals surface area contributed by atoms with Crippen LogP contribution in [0.2, 0.25) is 0 Å². The van der Waals surface area contributed by atoms with Gasteiger partial charge in [-0.1, -0.05) is 0 Å². The third-order valence-corrected chi connectivity index (χ3v) is 4.19. The summed E-state index contributed by atoms with van der Waals surface area (Å²) in [5, 5.41) is 36.9. The highest BCUT2D eigenvalue weighted by molar-refractivity contribution is 5.95. The van der Waals surface area contributed by atoms with E-state index in [-0.39, 0.29) is 0 Å². The molecule has 12 heteroatoms. The number of carbonyl (C=O) groups excluding carboxylic acids is 3. The molecule has 0 saturated carbocycles. The molecule has 0 radical (unpaired) electrons. The first-order valence-electron chi connectivity index (χ1n) is 8.80. The molecule has 1 fully saturated rings. The number of hydrogen-bond donors (Lipinski definition) is 7. The maximum absolute atomic E-state index is 12.3. The highest BCUT2D eigenvalue weighted by Crippen LogP contribution is 2.06. The number of aliphatic hydroxyl groups excluding tert-OH is 1. The summed E-state index contributed by atoms with van der Waals surface area (Å²) in [5.74, 6) is -5.09. The van der Waals surface area contributed by atoms with Gasteiger partial charge in [-0.3, -0.25) is 19.2 Å². The zero-order valence-corrected chi connectivity index (χ0v) is 15.6. The fraction of sp³-hybridized carbons (Fsp3) is 0.688. The van der Waals surface area contributed by atoms with Crippen molar-refractivity contribution < 1.29 is 39.3 Å². The Labute approximate surface area is 161 Å². The predicted molar refractivity (Wildman–Crippen MR) is 94.1 cm³/mol. The van der Waals surface area contributed by atoms with Crippen LogP contribution in [-0.4, -0.2) is 81.8 Å². The van der Waals surface area contributed by atoms with Gasteiger partial charge in [-0.25, -0.2) is 4.79 Å². The fourth-order valence-corrected chi connectivity index (χ4v) is 2.61. The quantitative estimate of drug-likeness (QED) is 0.201. The molecule has 5 atom stereocenters. The molecule has 1 aliphatic heterocycles. The van der Waals surface area contributed by atoms with Gasteiger partial charge in [0.1, 0.15) is 12.1 Å². The van der Waals surface area contributed by atoms with E-state index in [2.05, 4.69) is 21.3 Å². The number of carboxylic acid groups (broad SMARTS) is 2. The van der Waals surface area contributed by atoms with Crippen LogP contribution in [0.15, 0.2) is 0 Å². The number of rotatable bonds is 10. The van der Waals surface area contributed by atoms with Gasteiger partial charge >= 0.3 is 11.9 Å². The third kappa shape index (κ3) is 7.12. The molecule has 0 bridgehead atoms. The molecule has 5 unspecified atom stereocenters. The Morgan fingerprint density at radius 3 is 2.14 bits per heavy atom. The third-order valence-electron chi connectivity index (χ3n) is 4.19. The lowest BCUT2D eigenvalue weighted by Gasteiger charge is -2.23. The Balaban J connectivity index is 2.71. The van der Waals surface area contributed by atoms with Crippen LogP contribution in [0.3, 0.4) is 0 Å². The Bertz CT molecular complexity index is 618. The Morgan fingerprint density at radius 1 is 1.04 bits per heavy atom. The molecule has 0 aromatic heterocycles. The van der Waals surface area contributed by atoms with Crippen LogP contribution in [0.5, 0.6) is 0 Å². The molecular weight excluding hydrogens is 376 g/mol. The molecular formula is C16H26N4O8. The normalized spacial score (nSPS) is 20.3. The van der Waals surface area contributed by atoms with Crippen molar-refractivity contribution in [2.75, 3.05) is 6.54 Å². The van der Waals surface area contributed by atoms with E-state index in [1.54, 1.807) is 0 Å². The first kappa shape index (κ1) is 23.3. The zero-order chi connectivity index (χ0) is 21.4. The first-order chi connectivity index (χ1) is 13.0. The molecule has 0 aromatic rings. The molecule has 1 rings (SSSR count). The molecule has 0 spiro atoms. The van der Waals surface area contributed by atoms with E-state index in [4.69, 9.17) is 10.2 Å². The minimum atomic E-state index is -1.57. The summed E-state index contributed by atoms with van der Waals surface area (Å²) >= 11 is 0. The number of hydrogen-bond acceptors (Lipinski definition) is 7. The van der Waals surface area contributed by atoms with Crippen LogP contribution in [0, 0.1) is 0 Å². The molecule has 0 aromatic carbocycles. The van der Waals surface area contributed by atoms with Crippen molar-refractivity contribution in [2.24, 2.45) is 0 Å². The molecule has 1 heterocycles. The summed E-state index contributed by atoms with van der Waals surface area (Å²) in [7, 11) is 0. The van der Waals surface area contributed by atoms with Gasteiger partial charge in [-0.05, 0) is 33.2 Å². The predicted octanol–water partition coefficient (Wildman–Crippen LogP) is -2.85. The molecule has 28 heavy (non-hydrogen) atoms. The van der Waals surface area contributed by atoms with Gasteiger partial charge in [0.25, 0.3) is 0 Å². The van der Waals surface area contributed by atoms with E-state index in [0.29, 0.717) is 13.0 Å². The van der Waals surface area contributed by atoms with Gasteiger partial charge in [-0.2, -0.15) is 0 Å². The first-order valence-corrected chi connectivity index (χ1v) is 8.80. The van der Waals surface area contributed by atoms with E-state index in [0.717, 1.165) is 6.42 Å². The minimum absolute atomic E-state index is 0.518. The summed E-state index contributed by atoms with van der Waals surface area (Å²) < 4.78 is 0. The smallest absolute Gasteiger partial charge is 0.328 e. The van der Waals surface area contributed by atoms with E-state index in [9.17, 15) is 29.1 Å². The molecule has 12 nitrogen and oxygen atoms in total. The van der Waals surface area contributed by atoms with Gasteiger partial charge in [0.15, 0.2) is 6.04 Å². The molecule has 1 saturated heterocycles. The summed E-state index contributed by atoms with van der Waals surface area (Å²) in [4.78, 5) is 58.6. The van der Waals surface area contributed by atoms with Gasteiger partial charge in [0, 0.05) is 0 Å². The summed E-state index contributed by atoms with van der Waals surface area (Å²) in [5.41, 5.74) is 0. The number of carbonyl (C=O) groups is 5. The van der Waals surface area contributed by atoms with E-state index < -0.39 is 66.4 Å². The highest BCUT2D eigenvalue weighted by Gasteiger charge is 2.32. The van der Waals surface area contributed by atoms with Crippen molar-refractivity contribution in [2.45, 2.75) is 63.4 Å². The van der Waals surface area contributed by atoms with Gasteiger partial charge in [0.05, 0.1) is 18.6 Å². The Kier molecular flexibility index (Phi) is 8.79. The Morgan fingerprint density at radius 2 is 1.68 bits per heavy atom. The minimum Gasteiger partial charge on any atom is -0.481 e. The maximum atomic E-state index is 12.3. The van der Waals surface area contributed by atoms with Crippen molar-refractivity contribution >= 4 is 29.7 Å². The number of aliphatic carboxylic acids is 2. The van der Waals surface area contributed by atoms with Crippen LogP contribution < -0.4 is 21.3 Å². The average Bonchev–Trinajstić information content (AvgIpc) is 3.12. The monoisotopic (exact) mass is 402 g/mol. The van der Waals surface area contributed by atoms with Crippen LogP contribution >= 0.6 is 0 Å². The van der Waals surface area contributed by atoms with Crippen molar-refractivity contribution in [3.05, 3.63) is 0 Å². The van der Waals surface area contributed by atoms with Gasteiger partial charge < -0.3 is 36.6 Å². The second-order valence-corrected chi connectivity index (χ2v) is 6.60. The Hall–Kier alpha value is -2.73. The topological polar surface area (TPSA) is 194 Å². The van der Waals surface area contributed by atoms with Crippen molar-refractivity contribution in [3.8, 4) is 0 Å². The number of amides is 3. The van der Waals surface area contributed by atoms with Crippen molar-refractivity contribution in [3.63, 3.8) is 0 Å². The van der Waals surface area contributed by atoms with Crippen LogP contribution in [-0.2, 0) is 24.0 Å². The van der Waals surface area contributed by atoms with Gasteiger partial charge in [0.2, 0.25) is 17.7 Å². The molecule has 0 aliphatic carbocycles. The molecule has 1 aliphatic rings. The van der Waals surface area contributed by atoms with E-state index >= 15 is 0 Å². The SMILES string of the molecule is CC(NC(=O)C(CC(=O)O)NC(=O)C1CCCN1)C(=O)NC(C(=O)O)C(C)O. The molecule has 158 valence electrons. The molecule has 7 N–H and O–H groups in total. The number of aliphatic hydroxyl groups is 1. The molecule has 3 amide bonds. The zero-order valence-electron chi connectivity index (χ0n) is 15.6. The summed E-state index contributed by atoms with van der Waals surface area (Å²) in [6.45, 7) is 3.07. The second-order valence-electron chi connectivity index (χ2n) is 6.60. The number of carboxylic acids is 2. The summed E-state index contributed by atoms with van der Waals surface area (Å²) in [6, 6.07) is -4.73. The maximum Gasteiger partial charge on any atom is 0.328 e. The van der Waals surface area contributed by atoms with Crippen LogP contribution in [0.4, 0.5) is 0 Å². The largest absolute Gasteiger partial charge is 0.481 e. The highest BCUT2D eigenvalue weighted by atomic mass is 16.4. The average molecular weight is 402 g/mol. The standard InChI is InChI=1S/C16H26N4O8/c1-7(13(24)20-12(8(2)21)16(27)28)18-15(26)10(6-11(22)23)19-14(25)9-4-3-5-17-9/h7-10,12,17,21H,3-6H2,1-2H3,(H,18,26)(H,19,25)(H,20,24)(H,22,23)(H,27,28). The van der Waals surface area contributed by atoms with Crippen LogP contribution in [0.1, 0.15) is 33.1 Å². The second kappa shape index (κ2) is 10.6. The van der Waals surface area contributed by atoms with E-state index in [1.807, 2.05) is 0 Å². The van der Waals surface area contributed by atoms with Crippen LogP contribution in [0.25, 0.3) is 0 Å². The van der Waals surface area contributed by atoms with Crippen molar-refractivity contribution in [1.29, 1.82) is 0 Å². The lowest BCUT2D eigenvalue weighted by atomic mass is 10.1. The lowest BCUT2D eigenvalue weighted by Crippen LogP contribution is -2.57. The summed E-state index contributed by atoms with van der Waals surface area (Å²) in [6.07, 6.45) is -0.729. The lowest BCUT2D eigenvalue weighted by molar-refractivity contribution is -0.145. The van der Waals surface area contributed by atoms with Gasteiger partial charge in [-0.15, -0.1) is 0 Å². The van der Waals surface area contributed by atoms with Crippen molar-refractivity contribution in [1.82, 2.24) is 21.3 Å². The van der Waals surface area contributed by atoms with E-state index in [1.165, 1.54) is 13.8 Å². The number of nitrogens with one attached hydrogen (secondary N) is 4. The fourth-order valence-electron chi connectivity index (χ4n) is 2.61.